The molecule has 4 heterocycles. The number of Topliss-reactive ketones (excluding diaryl/α,β-unsaturated/α-hetero) is 1. The topological polar surface area (TPSA) is 262 Å². The maximum Gasteiger partial charge on any atom is 0.407 e. The summed E-state index contributed by atoms with van der Waals surface area (Å²) in [6.07, 6.45) is 0.821. The number of amides is 5. The highest BCUT2D eigenvalue weighted by molar-refractivity contribution is 5.96. The van der Waals surface area contributed by atoms with Crippen LogP contribution in [0.2, 0.25) is 0 Å². The third-order valence-corrected chi connectivity index (χ3v) is 16.4. The number of carbonyl (C=O) groups excluding carboxylic acids is 7. The molecule has 2 aliphatic heterocycles. The molecule has 0 spiro atoms. The molecule has 1 saturated carbocycles. The number of rotatable bonds is 20. The fourth-order valence-electron chi connectivity index (χ4n) is 12.0. The van der Waals surface area contributed by atoms with Crippen molar-refractivity contribution in [2.75, 3.05) is 33.0 Å². The van der Waals surface area contributed by atoms with Crippen LogP contribution in [-0.4, -0.2) is 101 Å². The Hall–Kier alpha value is -8.62. The quantitative estimate of drug-likeness (QED) is 0.0440. The van der Waals surface area contributed by atoms with Gasteiger partial charge in [-0.25, -0.2) is 19.0 Å². The highest BCUT2D eigenvalue weighted by atomic mass is 19.1. The number of aromatic nitrogens is 2. The molecule has 0 radical (unpaired) electrons. The van der Waals surface area contributed by atoms with Gasteiger partial charge in [0.1, 0.15) is 44.5 Å². The van der Waals surface area contributed by atoms with Crippen LogP contribution >= 0.6 is 0 Å². The summed E-state index contributed by atoms with van der Waals surface area (Å²) in [5.41, 5.74) is 6.66. The van der Waals surface area contributed by atoms with Crippen LogP contribution in [0.1, 0.15) is 101 Å². The molecule has 0 bridgehead atoms. The van der Waals surface area contributed by atoms with Crippen molar-refractivity contribution in [3.63, 3.8) is 0 Å². The van der Waals surface area contributed by atoms with Crippen LogP contribution in [-0.2, 0) is 74.6 Å². The third-order valence-electron chi connectivity index (χ3n) is 16.4. The summed E-state index contributed by atoms with van der Waals surface area (Å²) in [7, 11) is 0. The number of ketones is 1. The number of nitrogens with one attached hydrogen (secondary N) is 5. The summed E-state index contributed by atoms with van der Waals surface area (Å²) in [4.78, 5) is 112. The van der Waals surface area contributed by atoms with Gasteiger partial charge in [0.15, 0.2) is 11.4 Å². The number of esters is 1. The predicted octanol–water partition coefficient (Wildman–Crippen LogP) is 4.88. The molecule has 20 heteroatoms. The van der Waals surface area contributed by atoms with Gasteiger partial charge in [-0.15, -0.1) is 0 Å². The number of benzene rings is 4. The number of ether oxygens (including phenoxy) is 3. The van der Waals surface area contributed by atoms with Gasteiger partial charge in [-0.05, 0) is 101 Å². The smallest absolute Gasteiger partial charge is 0.407 e. The predicted molar refractivity (Wildman–Crippen MR) is 292 cm³/mol. The third kappa shape index (κ3) is 10.7. The lowest BCUT2D eigenvalue weighted by molar-refractivity contribution is -0.172. The second kappa shape index (κ2) is 22.5. The Morgan fingerprint density at radius 3 is 2.22 bits per heavy atom. The number of aryl methyl sites for hydroxylation is 1. The average molecular weight is 1100 g/mol. The monoisotopic (exact) mass is 1100 g/mol. The van der Waals surface area contributed by atoms with E-state index in [1.165, 1.54) is 10.6 Å². The molecule has 6 N–H and O–H groups in total. The number of carbonyl (C=O) groups is 7. The van der Waals surface area contributed by atoms with Gasteiger partial charge in [0, 0.05) is 41.3 Å². The van der Waals surface area contributed by atoms with Crippen molar-refractivity contribution in [1.29, 1.82) is 0 Å². The van der Waals surface area contributed by atoms with Crippen LogP contribution in [0.25, 0.3) is 33.4 Å². The molecule has 5 amide bonds. The normalized spacial score (nSPS) is 18.0. The first-order valence-corrected chi connectivity index (χ1v) is 27.3. The second-order valence-corrected chi connectivity index (χ2v) is 21.4. The Labute approximate surface area is 464 Å². The zero-order chi connectivity index (χ0) is 56.7. The van der Waals surface area contributed by atoms with Gasteiger partial charge < -0.3 is 50.5 Å². The van der Waals surface area contributed by atoms with Crippen LogP contribution in [0.3, 0.4) is 0 Å². The first-order valence-electron chi connectivity index (χ1n) is 27.3. The van der Waals surface area contributed by atoms with E-state index in [2.05, 4.69) is 26.6 Å². The number of fused-ring (bicyclic) bond motifs is 8. The zero-order valence-corrected chi connectivity index (χ0v) is 44.7. The number of halogens is 1. The minimum atomic E-state index is -2.04. The van der Waals surface area contributed by atoms with Gasteiger partial charge in [-0.3, -0.25) is 28.8 Å². The van der Waals surface area contributed by atoms with Crippen LogP contribution in [0.15, 0.2) is 95.8 Å². The van der Waals surface area contributed by atoms with Crippen molar-refractivity contribution >= 4 is 52.4 Å². The Balaban J connectivity index is 0.684. The SMILES string of the molecule is CC[C@@]1(O)C(=O)OCc2c1cc1n(c2=O)Cc2c-1nc1cc(F)c(C)c3c1c2[C@@H](CC(=O)[C@H](OCNC(=O)CNC(=O)[C@H](Cc1ccccc1)NC(=O)CNC(=O)CNC(=O)OCC1c2ccccc2-c2ccccc21)C1CC1)CC3. The number of alkyl carbamates (subject to hydrolysis) is 1. The lowest BCUT2D eigenvalue weighted by Crippen LogP contribution is -2.52. The number of pyridine rings is 2. The molecule has 0 saturated heterocycles. The minimum absolute atomic E-state index is 0.0345. The molecular weight excluding hydrogens is 1040 g/mol. The highest BCUT2D eigenvalue weighted by Crippen LogP contribution is 2.49. The molecule has 1 fully saturated rings. The number of nitrogens with zero attached hydrogens (tertiary/aromatic N) is 2. The van der Waals surface area contributed by atoms with Gasteiger partial charge in [-0.2, -0.15) is 0 Å². The number of hydrogen-bond donors (Lipinski definition) is 6. The summed E-state index contributed by atoms with van der Waals surface area (Å²) in [5, 5.41) is 24.8. The highest BCUT2D eigenvalue weighted by Gasteiger charge is 2.46. The zero-order valence-electron chi connectivity index (χ0n) is 44.7. The van der Waals surface area contributed by atoms with Crippen LogP contribution in [0.4, 0.5) is 9.18 Å². The van der Waals surface area contributed by atoms with E-state index in [1.54, 1.807) is 50.2 Å². The lowest BCUT2D eigenvalue weighted by atomic mass is 9.76. The molecule has 0 unspecified atom stereocenters. The Morgan fingerprint density at radius 2 is 1.51 bits per heavy atom. The average Bonchev–Trinajstić information content (AvgIpc) is 4.32. The number of aliphatic hydroxyl groups is 1. The van der Waals surface area contributed by atoms with E-state index < -0.39 is 84.4 Å². The van der Waals surface area contributed by atoms with Gasteiger partial charge in [0.25, 0.3) is 5.56 Å². The van der Waals surface area contributed by atoms with Crippen molar-refractivity contribution in [1.82, 2.24) is 36.1 Å². The summed E-state index contributed by atoms with van der Waals surface area (Å²) >= 11 is 0. The van der Waals surface area contributed by atoms with E-state index in [-0.39, 0.29) is 80.4 Å². The maximum absolute atomic E-state index is 15.6. The number of cyclic esters (lactones) is 1. The molecule has 4 aromatic carbocycles. The minimum Gasteiger partial charge on any atom is -0.458 e. The van der Waals surface area contributed by atoms with Gasteiger partial charge in [0.05, 0.1) is 42.1 Å². The Bertz CT molecular complexity index is 3590. The fraction of sp³-hybridized carbons (Fsp3) is 0.361. The molecular formula is C61H60FN7O12. The standard InChI is InChI=1S/C61H60FN7O12/c1-3-61(78)44-23-48-55-41(28-69(48)58(75)43(44)30-79-59(61)76)53-35(19-20-36-32(2)45(62)24-46(68-55)54(36)53)22-49(70)56(34-17-18-34)81-31-66-51(72)25-64-57(74)47(21-33-11-5-4-6-12-33)67-52(73)27-63-50(71)26-65-60(77)80-29-42-39-15-9-7-13-37(39)38-14-8-10-16-40(38)42/h4-16,23-24,34-35,42,47,56,78H,3,17-22,25-31H2,1-2H3,(H,63,71)(H,64,74)(H,65,77)(H,66,72)(H,67,73)/t35-,47+,56-,61+/m1/s1. The molecule has 5 aliphatic rings. The molecule has 11 rings (SSSR count). The molecule has 6 aromatic rings. The van der Waals surface area contributed by atoms with E-state index in [0.717, 1.165) is 51.6 Å². The van der Waals surface area contributed by atoms with E-state index in [1.807, 2.05) is 48.5 Å². The fourth-order valence-corrected chi connectivity index (χ4v) is 12.0. The van der Waals surface area contributed by atoms with Crippen molar-refractivity contribution in [3.05, 3.63) is 157 Å². The van der Waals surface area contributed by atoms with Crippen LogP contribution in [0.5, 0.6) is 0 Å². The first-order chi connectivity index (χ1) is 39.1. The molecule has 2 aromatic heterocycles. The Kier molecular flexibility index (Phi) is 15.1. The van der Waals surface area contributed by atoms with Crippen molar-refractivity contribution < 1.29 is 57.3 Å². The van der Waals surface area contributed by atoms with Crippen LogP contribution < -0.4 is 32.1 Å². The second-order valence-electron chi connectivity index (χ2n) is 21.4. The van der Waals surface area contributed by atoms with Gasteiger partial charge >= 0.3 is 12.1 Å². The van der Waals surface area contributed by atoms with E-state index in [4.69, 9.17) is 19.2 Å². The van der Waals surface area contributed by atoms with Crippen molar-refractivity contribution in [2.24, 2.45) is 5.92 Å². The summed E-state index contributed by atoms with van der Waals surface area (Å²) < 4.78 is 33.9. The largest absolute Gasteiger partial charge is 0.458 e. The van der Waals surface area contributed by atoms with Gasteiger partial charge in [0.2, 0.25) is 23.6 Å². The molecule has 4 atom stereocenters. The number of hydrogen-bond acceptors (Lipinski definition) is 13. The van der Waals surface area contributed by atoms with E-state index >= 15 is 4.39 Å². The lowest BCUT2D eigenvalue weighted by Gasteiger charge is -2.31. The Morgan fingerprint density at radius 1 is 0.827 bits per heavy atom. The maximum atomic E-state index is 15.6. The molecule has 3 aliphatic carbocycles. The summed E-state index contributed by atoms with van der Waals surface area (Å²) in [5.74, 6) is -4.80. The van der Waals surface area contributed by atoms with Gasteiger partial charge in [-0.1, -0.05) is 85.8 Å². The molecule has 19 nitrogen and oxygen atoms in total. The molecule has 418 valence electrons. The van der Waals surface area contributed by atoms with Crippen molar-refractivity contribution in [2.45, 2.75) is 102 Å². The molecule has 81 heavy (non-hydrogen) atoms. The first kappa shape index (κ1) is 54.3. The summed E-state index contributed by atoms with van der Waals surface area (Å²) in [6, 6.07) is 26.5. The van der Waals surface area contributed by atoms with E-state index in [9.17, 15) is 43.5 Å². The van der Waals surface area contributed by atoms with Crippen LogP contribution in [0, 0.1) is 18.7 Å². The van der Waals surface area contributed by atoms with Crippen molar-refractivity contribution in [3.8, 4) is 22.5 Å². The van der Waals surface area contributed by atoms with E-state index in [0.29, 0.717) is 46.4 Å². The summed E-state index contributed by atoms with van der Waals surface area (Å²) in [6.45, 7) is 1.35.